The Hall–Kier alpha value is -2.65. The van der Waals surface area contributed by atoms with E-state index in [9.17, 15) is 14.4 Å². The molecule has 29 heavy (non-hydrogen) atoms. The third kappa shape index (κ3) is 4.68. The number of amides is 3. The molecule has 0 spiro atoms. The summed E-state index contributed by atoms with van der Waals surface area (Å²) >= 11 is 2.50. The number of aromatic nitrogens is 2. The number of carbonyl (C=O) groups is 2. The van der Waals surface area contributed by atoms with Crippen LogP contribution in [0.4, 0.5) is 10.5 Å². The number of nitrogens with zero attached hydrogens (tertiary/aromatic N) is 2. The van der Waals surface area contributed by atoms with Crippen LogP contribution in [0, 0.1) is 13.8 Å². The summed E-state index contributed by atoms with van der Waals surface area (Å²) in [6.07, 6.45) is 0. The number of hydrogen-bond acceptors (Lipinski definition) is 6. The molecule has 1 aromatic carbocycles. The first kappa shape index (κ1) is 21.1. The van der Waals surface area contributed by atoms with Gasteiger partial charge in [0.1, 0.15) is 4.70 Å². The quantitative estimate of drug-likeness (QED) is 0.473. The smallest absolute Gasteiger partial charge is 0.307 e. The molecule has 3 rings (SSSR count). The van der Waals surface area contributed by atoms with Gasteiger partial charge in [-0.1, -0.05) is 29.5 Å². The number of urea groups is 1. The molecule has 3 amide bonds. The Morgan fingerprint density at radius 2 is 2.03 bits per heavy atom. The lowest BCUT2D eigenvalue weighted by Crippen LogP contribution is -2.39. The normalized spacial score (nSPS) is 12.0. The molecular formula is C20H22N4O3S2. The van der Waals surface area contributed by atoms with Gasteiger partial charge in [-0.15, -0.1) is 11.3 Å². The van der Waals surface area contributed by atoms with E-state index in [0.717, 1.165) is 22.9 Å². The van der Waals surface area contributed by atoms with Crippen LogP contribution >= 0.6 is 23.1 Å². The molecule has 7 nitrogen and oxygen atoms in total. The van der Waals surface area contributed by atoms with Crippen molar-refractivity contribution in [3.63, 3.8) is 0 Å². The van der Waals surface area contributed by atoms with Gasteiger partial charge in [-0.2, -0.15) is 0 Å². The standard InChI is InChI=1S/C20H22N4O3S2/c1-5-24-18(26)16-15(8-9-28-16)22-20(24)29-13(4)17(25)23-19(27)21-14-7-6-11(2)10-12(14)3/h6-10,13H,5H2,1-4H3,(H2,21,23,25,27). The number of anilines is 1. The van der Waals surface area contributed by atoms with Crippen LogP contribution in [0.3, 0.4) is 0 Å². The molecular weight excluding hydrogens is 408 g/mol. The number of thioether (sulfide) groups is 1. The summed E-state index contributed by atoms with van der Waals surface area (Å²) < 4.78 is 2.14. The Kier molecular flexibility index (Phi) is 6.39. The average Bonchev–Trinajstić information content (AvgIpc) is 3.13. The zero-order valence-electron chi connectivity index (χ0n) is 16.6. The highest BCUT2D eigenvalue weighted by Gasteiger charge is 2.21. The SMILES string of the molecule is CCn1c(SC(C)C(=O)NC(=O)Nc2ccc(C)cc2C)nc2ccsc2c1=O. The second-order valence-corrected chi connectivity index (χ2v) is 8.82. The molecule has 0 saturated heterocycles. The molecule has 2 aromatic heterocycles. The predicted molar refractivity (Wildman–Crippen MR) is 118 cm³/mol. The second-order valence-electron chi connectivity index (χ2n) is 6.60. The minimum atomic E-state index is -0.611. The fourth-order valence-electron chi connectivity index (χ4n) is 2.82. The number of nitrogens with one attached hydrogen (secondary N) is 2. The largest absolute Gasteiger partial charge is 0.325 e. The van der Waals surface area contributed by atoms with Crippen molar-refractivity contribution in [1.29, 1.82) is 0 Å². The van der Waals surface area contributed by atoms with Crippen LogP contribution in [0.25, 0.3) is 10.2 Å². The number of hydrogen-bond donors (Lipinski definition) is 2. The Balaban J connectivity index is 1.70. The summed E-state index contributed by atoms with van der Waals surface area (Å²) in [7, 11) is 0. The summed E-state index contributed by atoms with van der Waals surface area (Å²) in [5.41, 5.74) is 3.15. The average molecular weight is 431 g/mol. The molecule has 1 atom stereocenters. The van der Waals surface area contributed by atoms with Crippen molar-refractivity contribution < 1.29 is 9.59 Å². The first-order valence-corrected chi connectivity index (χ1v) is 10.9. The van der Waals surface area contributed by atoms with Gasteiger partial charge in [-0.05, 0) is 50.8 Å². The molecule has 2 N–H and O–H groups in total. The van der Waals surface area contributed by atoms with Crippen LogP contribution in [0.1, 0.15) is 25.0 Å². The van der Waals surface area contributed by atoms with E-state index in [0.29, 0.717) is 27.6 Å². The molecule has 3 aromatic rings. The zero-order chi connectivity index (χ0) is 21.1. The van der Waals surface area contributed by atoms with Crippen LogP contribution in [0.5, 0.6) is 0 Å². The number of rotatable bonds is 5. The van der Waals surface area contributed by atoms with Gasteiger partial charge >= 0.3 is 6.03 Å². The molecule has 0 aliphatic carbocycles. The summed E-state index contributed by atoms with van der Waals surface area (Å²) in [5.74, 6) is -0.459. The molecule has 9 heteroatoms. The van der Waals surface area contributed by atoms with E-state index in [1.54, 1.807) is 23.6 Å². The molecule has 0 fully saturated rings. The van der Waals surface area contributed by atoms with E-state index >= 15 is 0 Å². The highest BCUT2D eigenvalue weighted by atomic mass is 32.2. The first-order valence-electron chi connectivity index (χ1n) is 9.14. The van der Waals surface area contributed by atoms with Gasteiger partial charge in [0.05, 0.1) is 10.8 Å². The molecule has 2 heterocycles. The van der Waals surface area contributed by atoms with Gasteiger partial charge in [0.25, 0.3) is 5.56 Å². The lowest BCUT2D eigenvalue weighted by atomic mass is 10.1. The van der Waals surface area contributed by atoms with Gasteiger partial charge < -0.3 is 5.32 Å². The minimum Gasteiger partial charge on any atom is -0.307 e. The highest BCUT2D eigenvalue weighted by Crippen LogP contribution is 2.24. The zero-order valence-corrected chi connectivity index (χ0v) is 18.2. The molecule has 0 bridgehead atoms. The lowest BCUT2D eigenvalue weighted by Gasteiger charge is -2.15. The van der Waals surface area contributed by atoms with Crippen LogP contribution in [0.2, 0.25) is 0 Å². The molecule has 0 aliphatic heterocycles. The number of aryl methyl sites for hydroxylation is 2. The van der Waals surface area contributed by atoms with Gasteiger partial charge in [0, 0.05) is 12.2 Å². The number of imide groups is 1. The van der Waals surface area contributed by atoms with Crippen molar-refractivity contribution in [2.24, 2.45) is 0 Å². The number of benzene rings is 1. The maximum atomic E-state index is 12.6. The minimum absolute atomic E-state index is 0.116. The first-order chi connectivity index (χ1) is 13.8. The van der Waals surface area contributed by atoms with Gasteiger partial charge in [-0.3, -0.25) is 19.5 Å². The van der Waals surface area contributed by atoms with Crippen molar-refractivity contribution >= 4 is 50.9 Å². The third-order valence-corrected chi connectivity index (χ3v) is 6.35. The summed E-state index contributed by atoms with van der Waals surface area (Å²) in [6.45, 7) is 7.84. The Morgan fingerprint density at radius 3 is 2.72 bits per heavy atom. The van der Waals surface area contributed by atoms with Gasteiger partial charge in [0.15, 0.2) is 5.16 Å². The van der Waals surface area contributed by atoms with E-state index in [1.807, 2.05) is 38.3 Å². The van der Waals surface area contributed by atoms with E-state index in [4.69, 9.17) is 0 Å². The van der Waals surface area contributed by atoms with Crippen LogP contribution in [-0.4, -0.2) is 26.7 Å². The summed E-state index contributed by atoms with van der Waals surface area (Å²) in [6, 6.07) is 6.83. The Labute approximate surface area is 176 Å². The van der Waals surface area contributed by atoms with E-state index < -0.39 is 17.2 Å². The van der Waals surface area contributed by atoms with Crippen molar-refractivity contribution in [2.75, 3.05) is 5.32 Å². The highest BCUT2D eigenvalue weighted by molar-refractivity contribution is 8.00. The predicted octanol–water partition coefficient (Wildman–Crippen LogP) is 3.92. The molecule has 152 valence electrons. The van der Waals surface area contributed by atoms with E-state index in [1.165, 1.54) is 11.3 Å². The number of fused-ring (bicyclic) bond motifs is 1. The van der Waals surface area contributed by atoms with Crippen LogP contribution in [0.15, 0.2) is 39.6 Å². The fraction of sp³-hybridized carbons (Fsp3) is 0.300. The maximum Gasteiger partial charge on any atom is 0.325 e. The van der Waals surface area contributed by atoms with E-state index in [2.05, 4.69) is 15.6 Å². The van der Waals surface area contributed by atoms with Gasteiger partial charge in [0.2, 0.25) is 5.91 Å². The Bertz CT molecular complexity index is 1140. The van der Waals surface area contributed by atoms with Crippen molar-refractivity contribution in [1.82, 2.24) is 14.9 Å². The summed E-state index contributed by atoms with van der Waals surface area (Å²) in [4.78, 5) is 41.8. The lowest BCUT2D eigenvalue weighted by molar-refractivity contribution is -0.119. The van der Waals surface area contributed by atoms with Gasteiger partial charge in [-0.25, -0.2) is 9.78 Å². The van der Waals surface area contributed by atoms with Crippen molar-refractivity contribution in [2.45, 2.75) is 44.6 Å². The Morgan fingerprint density at radius 1 is 1.28 bits per heavy atom. The summed E-state index contributed by atoms with van der Waals surface area (Å²) in [5, 5.41) is 6.71. The van der Waals surface area contributed by atoms with Crippen LogP contribution < -0.4 is 16.2 Å². The maximum absolute atomic E-state index is 12.6. The molecule has 0 saturated carbocycles. The monoisotopic (exact) mass is 430 g/mol. The molecule has 0 aliphatic rings. The fourth-order valence-corrected chi connectivity index (χ4v) is 4.58. The van der Waals surface area contributed by atoms with Crippen molar-refractivity contribution in [3.05, 3.63) is 51.1 Å². The van der Waals surface area contributed by atoms with Crippen molar-refractivity contribution in [3.8, 4) is 0 Å². The topological polar surface area (TPSA) is 93.1 Å². The number of thiophene rings is 1. The third-order valence-electron chi connectivity index (χ3n) is 4.37. The second kappa shape index (κ2) is 8.79. The van der Waals surface area contributed by atoms with Crippen LogP contribution in [-0.2, 0) is 11.3 Å². The molecule has 0 radical (unpaired) electrons. The number of carbonyl (C=O) groups excluding carboxylic acids is 2. The molecule has 1 unspecified atom stereocenters. The van der Waals surface area contributed by atoms with E-state index in [-0.39, 0.29) is 5.56 Å².